The molecule has 1 aliphatic heterocycles. The highest BCUT2D eigenvalue weighted by molar-refractivity contribution is 7.94. The lowest BCUT2D eigenvalue weighted by Crippen LogP contribution is -2.41. The molecule has 136 valence electrons. The molecule has 1 aliphatic rings. The predicted octanol–water partition coefficient (Wildman–Crippen LogP) is 4.05. The molecule has 1 amide bonds. The largest absolute Gasteiger partial charge is 0.300 e. The van der Waals surface area contributed by atoms with Crippen LogP contribution in [-0.2, 0) is 9.84 Å². The van der Waals surface area contributed by atoms with E-state index in [4.69, 9.17) is 11.6 Å². The number of amides is 1. The maximum Gasteiger partial charge on any atom is 0.263 e. The van der Waals surface area contributed by atoms with E-state index in [2.05, 4.69) is 0 Å². The molecule has 0 bridgehead atoms. The molecule has 26 heavy (non-hydrogen) atoms. The third-order valence-electron chi connectivity index (χ3n) is 4.41. The summed E-state index contributed by atoms with van der Waals surface area (Å²) in [6.07, 6.45) is 1.44. The SMILES string of the molecule is Cc1ccc(N(C(=O)c2c(F)cccc2Cl)[C@H]2C=CS(=O)(=O)C2)cc1C. The first kappa shape index (κ1) is 18.6. The summed E-state index contributed by atoms with van der Waals surface area (Å²) in [6, 6.07) is 8.59. The van der Waals surface area contributed by atoms with Gasteiger partial charge in [-0.25, -0.2) is 12.8 Å². The summed E-state index contributed by atoms with van der Waals surface area (Å²) in [4.78, 5) is 14.4. The van der Waals surface area contributed by atoms with E-state index in [1.807, 2.05) is 19.9 Å². The average molecular weight is 394 g/mol. The zero-order valence-corrected chi connectivity index (χ0v) is 15.8. The first-order valence-corrected chi connectivity index (χ1v) is 10.0. The van der Waals surface area contributed by atoms with E-state index in [0.717, 1.165) is 22.6 Å². The van der Waals surface area contributed by atoms with Crippen LogP contribution in [0.25, 0.3) is 0 Å². The summed E-state index contributed by atoms with van der Waals surface area (Å²) < 4.78 is 38.0. The summed E-state index contributed by atoms with van der Waals surface area (Å²) in [7, 11) is -3.40. The molecule has 0 fully saturated rings. The van der Waals surface area contributed by atoms with E-state index in [-0.39, 0.29) is 16.3 Å². The van der Waals surface area contributed by atoms with Crippen LogP contribution in [-0.4, -0.2) is 26.1 Å². The maximum atomic E-state index is 14.3. The van der Waals surface area contributed by atoms with Crippen molar-refractivity contribution >= 4 is 33.0 Å². The Morgan fingerprint density at radius 2 is 1.92 bits per heavy atom. The molecular weight excluding hydrogens is 377 g/mol. The number of benzene rings is 2. The predicted molar refractivity (Wildman–Crippen MR) is 101 cm³/mol. The van der Waals surface area contributed by atoms with Crippen molar-refractivity contribution in [3.8, 4) is 0 Å². The molecule has 2 aromatic rings. The van der Waals surface area contributed by atoms with Gasteiger partial charge in [0.15, 0.2) is 9.84 Å². The third-order valence-corrected chi connectivity index (χ3v) is 6.10. The van der Waals surface area contributed by atoms with E-state index in [0.29, 0.717) is 5.69 Å². The first-order valence-electron chi connectivity index (χ1n) is 7.95. The van der Waals surface area contributed by atoms with Gasteiger partial charge in [-0.3, -0.25) is 4.79 Å². The standard InChI is InChI=1S/C19H17ClFNO3S/c1-12-6-7-14(10-13(12)2)22(15-8-9-26(24,25)11-15)19(23)18-16(20)4-3-5-17(18)21/h3-10,15H,11H2,1-2H3/t15-/m0/s1. The Balaban J connectivity index is 2.13. The minimum atomic E-state index is -3.40. The molecular formula is C19H17ClFNO3S. The normalized spacial score (nSPS) is 18.1. The van der Waals surface area contributed by atoms with E-state index >= 15 is 0 Å². The van der Waals surface area contributed by atoms with Crippen molar-refractivity contribution in [2.75, 3.05) is 10.7 Å². The van der Waals surface area contributed by atoms with E-state index in [9.17, 15) is 17.6 Å². The number of anilines is 1. The molecule has 3 rings (SSSR count). The van der Waals surface area contributed by atoms with Crippen molar-refractivity contribution in [2.45, 2.75) is 19.9 Å². The number of carbonyl (C=O) groups excluding carboxylic acids is 1. The highest BCUT2D eigenvalue weighted by atomic mass is 35.5. The van der Waals surface area contributed by atoms with Crippen molar-refractivity contribution < 1.29 is 17.6 Å². The molecule has 7 heteroatoms. The summed E-state index contributed by atoms with van der Waals surface area (Å²) >= 11 is 6.05. The Morgan fingerprint density at radius 1 is 1.19 bits per heavy atom. The van der Waals surface area contributed by atoms with Crippen LogP contribution >= 0.6 is 11.6 Å². The molecule has 1 atom stereocenters. The third kappa shape index (κ3) is 3.52. The van der Waals surface area contributed by atoms with E-state index in [1.165, 1.54) is 23.1 Å². The Kier molecular flexibility index (Phi) is 4.90. The highest BCUT2D eigenvalue weighted by Crippen LogP contribution is 2.29. The van der Waals surface area contributed by atoms with Crippen LogP contribution in [0.4, 0.5) is 10.1 Å². The van der Waals surface area contributed by atoms with Crippen LogP contribution in [0.5, 0.6) is 0 Å². The van der Waals surface area contributed by atoms with Crippen LogP contribution in [0.15, 0.2) is 47.9 Å². The van der Waals surface area contributed by atoms with Gasteiger partial charge in [0, 0.05) is 11.1 Å². The zero-order valence-electron chi connectivity index (χ0n) is 14.2. The zero-order chi connectivity index (χ0) is 19.1. The molecule has 0 saturated carbocycles. The van der Waals surface area contributed by atoms with Gasteiger partial charge in [-0.15, -0.1) is 0 Å². The number of hydrogen-bond acceptors (Lipinski definition) is 3. The molecule has 2 aromatic carbocycles. The summed E-state index contributed by atoms with van der Waals surface area (Å²) in [5.41, 5.74) is 2.18. The second kappa shape index (κ2) is 6.85. The van der Waals surface area contributed by atoms with Crippen molar-refractivity contribution in [1.29, 1.82) is 0 Å². The Bertz CT molecular complexity index is 997. The Morgan fingerprint density at radius 3 is 2.50 bits per heavy atom. The number of halogens is 2. The molecule has 0 spiro atoms. The highest BCUT2D eigenvalue weighted by Gasteiger charge is 2.34. The van der Waals surface area contributed by atoms with Gasteiger partial charge in [-0.05, 0) is 55.3 Å². The fourth-order valence-corrected chi connectivity index (χ4v) is 4.39. The Hall–Kier alpha value is -2.18. The van der Waals surface area contributed by atoms with Crippen molar-refractivity contribution in [2.24, 2.45) is 0 Å². The van der Waals surface area contributed by atoms with Gasteiger partial charge in [0.25, 0.3) is 5.91 Å². The van der Waals surface area contributed by atoms with E-state index in [1.54, 1.807) is 12.1 Å². The average Bonchev–Trinajstić information content (AvgIpc) is 2.90. The molecule has 0 radical (unpaired) electrons. The summed E-state index contributed by atoms with van der Waals surface area (Å²) in [6.45, 7) is 3.82. The van der Waals surface area contributed by atoms with Gasteiger partial charge in [0.05, 0.1) is 22.4 Å². The molecule has 0 unspecified atom stereocenters. The van der Waals surface area contributed by atoms with Gasteiger partial charge in [0.2, 0.25) is 0 Å². The second-order valence-corrected chi connectivity index (χ2v) is 8.60. The Labute approximate surface area is 156 Å². The summed E-state index contributed by atoms with van der Waals surface area (Å²) in [5, 5.41) is 1.07. The number of carbonyl (C=O) groups is 1. The fraction of sp³-hybridized carbons (Fsp3) is 0.211. The van der Waals surface area contributed by atoms with Gasteiger partial charge in [-0.1, -0.05) is 23.7 Å². The van der Waals surface area contributed by atoms with Crippen LogP contribution in [0, 0.1) is 19.7 Å². The number of nitrogens with zero attached hydrogens (tertiary/aromatic N) is 1. The number of hydrogen-bond donors (Lipinski definition) is 0. The van der Waals surface area contributed by atoms with Crippen LogP contribution in [0.3, 0.4) is 0 Å². The number of sulfone groups is 1. The van der Waals surface area contributed by atoms with Crippen molar-refractivity contribution in [3.05, 3.63) is 75.4 Å². The quantitative estimate of drug-likeness (QED) is 0.790. The lowest BCUT2D eigenvalue weighted by molar-refractivity contribution is 0.0979. The lowest BCUT2D eigenvalue weighted by Gasteiger charge is -2.28. The van der Waals surface area contributed by atoms with Crippen LogP contribution < -0.4 is 4.90 Å². The smallest absolute Gasteiger partial charge is 0.263 e. The summed E-state index contributed by atoms with van der Waals surface area (Å²) in [5.74, 6) is -1.68. The van der Waals surface area contributed by atoms with Crippen LogP contribution in [0.2, 0.25) is 5.02 Å². The maximum absolute atomic E-state index is 14.3. The lowest BCUT2D eigenvalue weighted by atomic mass is 10.1. The van der Waals surface area contributed by atoms with Gasteiger partial charge >= 0.3 is 0 Å². The number of rotatable bonds is 3. The van der Waals surface area contributed by atoms with E-state index < -0.39 is 27.6 Å². The van der Waals surface area contributed by atoms with Gasteiger partial charge in [-0.2, -0.15) is 0 Å². The minimum Gasteiger partial charge on any atom is -0.300 e. The van der Waals surface area contributed by atoms with Crippen LogP contribution in [0.1, 0.15) is 21.5 Å². The van der Waals surface area contributed by atoms with Crippen molar-refractivity contribution in [3.63, 3.8) is 0 Å². The molecule has 0 saturated heterocycles. The monoisotopic (exact) mass is 393 g/mol. The van der Waals surface area contributed by atoms with Gasteiger partial charge < -0.3 is 4.90 Å². The van der Waals surface area contributed by atoms with Gasteiger partial charge in [0.1, 0.15) is 5.82 Å². The molecule has 4 nitrogen and oxygen atoms in total. The fourth-order valence-electron chi connectivity index (χ4n) is 2.88. The first-order chi connectivity index (χ1) is 12.2. The van der Waals surface area contributed by atoms with Crippen molar-refractivity contribution in [1.82, 2.24) is 0 Å². The molecule has 0 aliphatic carbocycles. The topological polar surface area (TPSA) is 54.5 Å². The number of aryl methyl sites for hydroxylation is 2. The minimum absolute atomic E-state index is 0.0198. The second-order valence-electron chi connectivity index (χ2n) is 6.27. The molecule has 0 aromatic heterocycles. The molecule has 1 heterocycles. The molecule has 0 N–H and O–H groups in total.